The van der Waals surface area contributed by atoms with Crippen molar-refractivity contribution in [1.82, 2.24) is 0 Å². The molecule has 1 aromatic rings. The van der Waals surface area contributed by atoms with Gasteiger partial charge in [0.1, 0.15) is 0 Å². The maximum atomic E-state index is 12.3. The van der Waals surface area contributed by atoms with Crippen LogP contribution in [-0.2, 0) is 6.18 Å². The predicted octanol–water partition coefficient (Wildman–Crippen LogP) is 3.19. The highest BCUT2D eigenvalue weighted by molar-refractivity contribution is 5.31. The van der Waals surface area contributed by atoms with Crippen LogP contribution in [-0.4, -0.2) is 11.2 Å². The van der Waals surface area contributed by atoms with Crippen molar-refractivity contribution in [2.75, 3.05) is 0 Å². The summed E-state index contributed by atoms with van der Waals surface area (Å²) < 4.78 is 36.9. The van der Waals surface area contributed by atoms with Gasteiger partial charge in [-0.1, -0.05) is 12.1 Å². The third-order valence-electron chi connectivity index (χ3n) is 3.13. The lowest BCUT2D eigenvalue weighted by molar-refractivity contribution is -0.137. The summed E-state index contributed by atoms with van der Waals surface area (Å²) in [6.07, 6.45) is -3.79. The van der Waals surface area contributed by atoms with Gasteiger partial charge in [-0.25, -0.2) is 0 Å². The number of alkyl halides is 3. The summed E-state index contributed by atoms with van der Waals surface area (Å²) in [4.78, 5) is 0. The van der Waals surface area contributed by atoms with Crippen molar-refractivity contribution in [1.29, 1.82) is 0 Å². The lowest BCUT2D eigenvalue weighted by atomic mass is 10.1. The van der Waals surface area contributed by atoms with Crippen LogP contribution in [0.1, 0.15) is 30.4 Å². The molecular weight excluding hydrogens is 217 g/mol. The van der Waals surface area contributed by atoms with Crippen LogP contribution >= 0.6 is 0 Å². The molecule has 1 saturated carbocycles. The average molecular weight is 230 g/mol. The Balaban J connectivity index is 2.10. The van der Waals surface area contributed by atoms with E-state index in [1.54, 1.807) is 6.92 Å². The van der Waals surface area contributed by atoms with E-state index in [2.05, 4.69) is 0 Å². The Kier molecular flexibility index (Phi) is 2.70. The molecule has 0 bridgehead atoms. The molecule has 0 amide bonds. The van der Waals surface area contributed by atoms with Gasteiger partial charge in [0, 0.05) is 0 Å². The SMILES string of the molecule is C[C@H](O)[C@H]1C[C@H]1c1ccc(C(F)(F)F)cc1. The van der Waals surface area contributed by atoms with Crippen molar-refractivity contribution in [3.63, 3.8) is 0 Å². The molecule has 0 saturated heterocycles. The summed E-state index contributed by atoms with van der Waals surface area (Å²) >= 11 is 0. The third kappa shape index (κ3) is 2.21. The van der Waals surface area contributed by atoms with E-state index in [1.165, 1.54) is 12.1 Å². The fraction of sp³-hybridized carbons (Fsp3) is 0.500. The highest BCUT2D eigenvalue weighted by Crippen LogP contribution is 2.49. The Morgan fingerprint density at radius 1 is 1.25 bits per heavy atom. The maximum absolute atomic E-state index is 12.3. The van der Waals surface area contributed by atoms with Crippen LogP contribution in [0.2, 0.25) is 0 Å². The van der Waals surface area contributed by atoms with Gasteiger partial charge >= 0.3 is 6.18 Å². The molecule has 0 aromatic heterocycles. The zero-order valence-electron chi connectivity index (χ0n) is 8.83. The minimum atomic E-state index is -4.27. The number of rotatable bonds is 2. The number of aliphatic hydroxyl groups is 1. The van der Waals surface area contributed by atoms with E-state index in [0.717, 1.165) is 24.1 Å². The van der Waals surface area contributed by atoms with Gasteiger partial charge in [0.05, 0.1) is 11.7 Å². The molecule has 1 aromatic carbocycles. The summed E-state index contributed by atoms with van der Waals surface area (Å²) in [6, 6.07) is 5.23. The van der Waals surface area contributed by atoms with Crippen LogP contribution in [0.5, 0.6) is 0 Å². The second-order valence-electron chi connectivity index (χ2n) is 4.37. The molecule has 88 valence electrons. The van der Waals surface area contributed by atoms with Gasteiger partial charge in [-0.2, -0.15) is 13.2 Å². The van der Waals surface area contributed by atoms with Crippen LogP contribution in [0, 0.1) is 5.92 Å². The van der Waals surface area contributed by atoms with Crippen LogP contribution in [0.3, 0.4) is 0 Å². The monoisotopic (exact) mass is 230 g/mol. The van der Waals surface area contributed by atoms with Crippen molar-refractivity contribution in [3.8, 4) is 0 Å². The van der Waals surface area contributed by atoms with E-state index < -0.39 is 11.7 Å². The van der Waals surface area contributed by atoms with Crippen molar-refractivity contribution in [3.05, 3.63) is 35.4 Å². The van der Waals surface area contributed by atoms with Gasteiger partial charge in [0.15, 0.2) is 0 Å². The number of aliphatic hydroxyl groups excluding tert-OH is 1. The molecule has 0 unspecified atom stereocenters. The lowest BCUT2D eigenvalue weighted by Gasteiger charge is -2.08. The highest BCUT2D eigenvalue weighted by atomic mass is 19.4. The summed E-state index contributed by atoms with van der Waals surface area (Å²) in [6.45, 7) is 1.72. The van der Waals surface area contributed by atoms with Crippen molar-refractivity contribution >= 4 is 0 Å². The highest BCUT2D eigenvalue weighted by Gasteiger charge is 2.41. The van der Waals surface area contributed by atoms with Gasteiger partial charge in [-0.15, -0.1) is 0 Å². The van der Waals surface area contributed by atoms with Crippen LogP contribution < -0.4 is 0 Å². The quantitative estimate of drug-likeness (QED) is 0.827. The normalized spacial score (nSPS) is 26.6. The molecule has 0 spiro atoms. The van der Waals surface area contributed by atoms with Crippen LogP contribution in [0.25, 0.3) is 0 Å². The lowest BCUT2D eigenvalue weighted by Crippen LogP contribution is -2.05. The molecule has 2 rings (SSSR count). The fourth-order valence-electron chi connectivity index (χ4n) is 2.05. The van der Waals surface area contributed by atoms with Crippen molar-refractivity contribution in [2.45, 2.75) is 31.5 Å². The topological polar surface area (TPSA) is 20.2 Å². The summed E-state index contributed by atoms with van der Waals surface area (Å²) in [5.41, 5.74) is 0.268. The first-order chi connectivity index (χ1) is 7.39. The summed E-state index contributed by atoms with van der Waals surface area (Å²) in [5.74, 6) is 0.430. The van der Waals surface area contributed by atoms with E-state index in [4.69, 9.17) is 0 Å². The van der Waals surface area contributed by atoms with Gasteiger partial charge in [0.25, 0.3) is 0 Å². The minimum absolute atomic E-state index is 0.205. The van der Waals surface area contributed by atoms with E-state index >= 15 is 0 Å². The molecule has 3 atom stereocenters. The van der Waals surface area contributed by atoms with Crippen molar-refractivity contribution in [2.24, 2.45) is 5.92 Å². The second-order valence-corrected chi connectivity index (χ2v) is 4.37. The second kappa shape index (κ2) is 3.77. The molecule has 0 aliphatic heterocycles. The molecule has 1 aliphatic rings. The Morgan fingerprint density at radius 2 is 1.81 bits per heavy atom. The molecule has 1 aliphatic carbocycles. The first-order valence-corrected chi connectivity index (χ1v) is 5.25. The Bertz CT molecular complexity index is 367. The van der Waals surface area contributed by atoms with Crippen molar-refractivity contribution < 1.29 is 18.3 Å². The number of hydrogen-bond donors (Lipinski definition) is 1. The Morgan fingerprint density at radius 3 is 2.19 bits per heavy atom. The maximum Gasteiger partial charge on any atom is 0.416 e. The third-order valence-corrected chi connectivity index (χ3v) is 3.13. The molecule has 0 heterocycles. The Labute approximate surface area is 91.9 Å². The van der Waals surface area contributed by atoms with Gasteiger partial charge in [-0.3, -0.25) is 0 Å². The van der Waals surface area contributed by atoms with Gasteiger partial charge in [-0.05, 0) is 42.9 Å². The zero-order valence-corrected chi connectivity index (χ0v) is 8.83. The standard InChI is InChI=1S/C12H13F3O/c1-7(16)10-6-11(10)8-2-4-9(5-3-8)12(13,14)15/h2-5,7,10-11,16H,6H2,1H3/t7-,10+,11-/m0/s1. The van der Waals surface area contributed by atoms with E-state index in [9.17, 15) is 18.3 Å². The number of benzene rings is 1. The van der Waals surface area contributed by atoms with Crippen LogP contribution in [0.15, 0.2) is 24.3 Å². The Hall–Kier alpha value is -1.03. The van der Waals surface area contributed by atoms with E-state index in [-0.39, 0.29) is 17.9 Å². The smallest absolute Gasteiger partial charge is 0.393 e. The summed E-state index contributed by atoms with van der Waals surface area (Å²) in [5, 5.41) is 9.33. The molecule has 16 heavy (non-hydrogen) atoms. The number of hydrogen-bond acceptors (Lipinski definition) is 1. The summed E-state index contributed by atoms with van der Waals surface area (Å²) in [7, 11) is 0. The first kappa shape index (κ1) is 11.5. The predicted molar refractivity (Wildman–Crippen MR) is 54.0 cm³/mol. The minimum Gasteiger partial charge on any atom is -0.393 e. The van der Waals surface area contributed by atoms with E-state index in [0.29, 0.717) is 0 Å². The average Bonchev–Trinajstić information content (AvgIpc) is 2.96. The van der Waals surface area contributed by atoms with E-state index in [1.807, 2.05) is 0 Å². The molecule has 1 N–H and O–H groups in total. The van der Waals surface area contributed by atoms with Gasteiger partial charge < -0.3 is 5.11 Å². The fourth-order valence-corrected chi connectivity index (χ4v) is 2.05. The molecule has 0 radical (unpaired) electrons. The number of halogens is 3. The van der Waals surface area contributed by atoms with Gasteiger partial charge in [0.2, 0.25) is 0 Å². The zero-order chi connectivity index (χ0) is 11.9. The largest absolute Gasteiger partial charge is 0.416 e. The molecular formula is C12H13F3O. The van der Waals surface area contributed by atoms with Crippen LogP contribution in [0.4, 0.5) is 13.2 Å². The molecule has 4 heteroatoms. The molecule has 1 fully saturated rings. The first-order valence-electron chi connectivity index (χ1n) is 5.25. The molecule has 1 nitrogen and oxygen atoms in total.